The van der Waals surface area contributed by atoms with Gasteiger partial charge in [0, 0.05) is 19.3 Å². The molecule has 2 aliphatic heterocycles. The van der Waals surface area contributed by atoms with Crippen molar-refractivity contribution in [3.63, 3.8) is 0 Å². The second kappa shape index (κ2) is 7.18. The highest BCUT2D eigenvalue weighted by molar-refractivity contribution is 7.99. The topological polar surface area (TPSA) is 73.4 Å². The number of hydrogen-bond donors (Lipinski definition) is 1. The van der Waals surface area contributed by atoms with Gasteiger partial charge < -0.3 is 10.5 Å². The maximum absolute atomic E-state index is 12.0. The van der Waals surface area contributed by atoms with E-state index >= 15 is 0 Å². The molecule has 6 nitrogen and oxygen atoms in total. The lowest BCUT2D eigenvalue weighted by Crippen LogP contribution is -2.36. The van der Waals surface area contributed by atoms with Crippen molar-refractivity contribution in [1.82, 2.24) is 14.5 Å². The molecule has 3 heterocycles. The third-order valence-electron chi connectivity index (χ3n) is 3.83. The van der Waals surface area contributed by atoms with E-state index in [-0.39, 0.29) is 16.9 Å². The average molecular weight is 320 g/mol. The summed E-state index contributed by atoms with van der Waals surface area (Å²) in [5.41, 5.74) is 6.20. The largest absolute Gasteiger partial charge is 0.382 e. The quantitative estimate of drug-likeness (QED) is 0.802. The van der Waals surface area contributed by atoms with Crippen LogP contribution in [-0.2, 0) is 4.74 Å². The van der Waals surface area contributed by atoms with Crippen LogP contribution in [0, 0.1) is 11.8 Å². The molecule has 7 heteroatoms. The Kier molecular flexibility index (Phi) is 5.03. The van der Waals surface area contributed by atoms with E-state index in [0.29, 0.717) is 12.1 Å². The number of aromatic nitrogens is 2. The molecule has 1 unspecified atom stereocenters. The van der Waals surface area contributed by atoms with E-state index in [1.165, 1.54) is 0 Å². The molecule has 1 aromatic heterocycles. The minimum Gasteiger partial charge on any atom is -0.382 e. The monoisotopic (exact) mass is 320 g/mol. The van der Waals surface area contributed by atoms with Crippen molar-refractivity contribution in [1.29, 1.82) is 0 Å². The van der Waals surface area contributed by atoms with Crippen molar-refractivity contribution in [2.24, 2.45) is 0 Å². The van der Waals surface area contributed by atoms with Crippen LogP contribution in [-0.4, -0.2) is 53.1 Å². The van der Waals surface area contributed by atoms with Crippen LogP contribution in [0.4, 0.5) is 5.82 Å². The highest BCUT2D eigenvalue weighted by atomic mass is 32.2. The van der Waals surface area contributed by atoms with Crippen LogP contribution in [0.5, 0.6) is 0 Å². The van der Waals surface area contributed by atoms with Gasteiger partial charge in [-0.25, -0.2) is 4.79 Å². The summed E-state index contributed by atoms with van der Waals surface area (Å²) in [6.07, 6.45) is 3.89. The minimum atomic E-state index is -0.282. The van der Waals surface area contributed by atoms with Crippen LogP contribution < -0.4 is 11.4 Å². The van der Waals surface area contributed by atoms with Crippen molar-refractivity contribution < 1.29 is 4.74 Å². The van der Waals surface area contributed by atoms with E-state index in [1.54, 1.807) is 22.5 Å². The fourth-order valence-corrected chi connectivity index (χ4v) is 3.82. The van der Waals surface area contributed by atoms with E-state index in [9.17, 15) is 4.79 Å². The number of nitrogens with two attached hydrogens (primary N) is 1. The molecule has 118 valence electrons. The Balaban J connectivity index is 1.75. The van der Waals surface area contributed by atoms with Gasteiger partial charge in [-0.05, 0) is 18.6 Å². The van der Waals surface area contributed by atoms with Gasteiger partial charge in [0.1, 0.15) is 5.82 Å². The Morgan fingerprint density at radius 2 is 2.27 bits per heavy atom. The zero-order valence-corrected chi connectivity index (χ0v) is 13.3. The molecule has 0 amide bonds. The van der Waals surface area contributed by atoms with Crippen molar-refractivity contribution in [3.05, 3.63) is 22.2 Å². The summed E-state index contributed by atoms with van der Waals surface area (Å²) in [7, 11) is 0. The van der Waals surface area contributed by atoms with Gasteiger partial charge >= 0.3 is 5.69 Å². The molecule has 0 bridgehead atoms. The normalized spacial score (nSPS) is 22.3. The van der Waals surface area contributed by atoms with Crippen LogP contribution in [0.3, 0.4) is 0 Å². The fraction of sp³-hybridized carbons (Fsp3) is 0.600. The Hall–Kier alpha value is -1.49. The number of hydrogen-bond acceptors (Lipinski definition) is 6. The standard InChI is InChI=1S/C15H20N4O2S/c16-14-12(3-1-5-18-6-8-21-9-7-18)11-19(15(20)17-14)13-4-2-10-22-13/h11,13H,2,4-10H2,(H2,16,17,20). The molecule has 2 aliphatic rings. The van der Waals surface area contributed by atoms with Crippen molar-refractivity contribution in [3.8, 4) is 11.8 Å². The molecular formula is C15H20N4O2S. The smallest absolute Gasteiger partial charge is 0.350 e. The lowest BCUT2D eigenvalue weighted by molar-refractivity contribution is 0.0443. The molecule has 3 rings (SSSR count). The zero-order valence-electron chi connectivity index (χ0n) is 12.5. The first-order valence-corrected chi connectivity index (χ1v) is 8.58. The van der Waals surface area contributed by atoms with Gasteiger partial charge in [-0.1, -0.05) is 11.8 Å². The van der Waals surface area contributed by atoms with E-state index in [4.69, 9.17) is 10.5 Å². The van der Waals surface area contributed by atoms with Crippen molar-refractivity contribution in [2.45, 2.75) is 18.2 Å². The highest BCUT2D eigenvalue weighted by Gasteiger charge is 2.19. The zero-order chi connectivity index (χ0) is 15.4. The lowest BCUT2D eigenvalue weighted by atomic mass is 10.3. The molecule has 0 aromatic carbocycles. The Morgan fingerprint density at radius 3 is 3.00 bits per heavy atom. The van der Waals surface area contributed by atoms with E-state index in [1.807, 2.05) is 0 Å². The molecule has 0 spiro atoms. The molecule has 1 aromatic rings. The SMILES string of the molecule is Nc1nc(=O)n(C2CCCS2)cc1C#CCN1CCOCC1. The number of ether oxygens (including phenoxy) is 1. The molecule has 22 heavy (non-hydrogen) atoms. The van der Waals surface area contributed by atoms with Gasteiger partial charge in [0.15, 0.2) is 0 Å². The summed E-state index contributed by atoms with van der Waals surface area (Å²) in [4.78, 5) is 18.1. The number of anilines is 1. The van der Waals surface area contributed by atoms with E-state index in [0.717, 1.165) is 44.9 Å². The lowest BCUT2D eigenvalue weighted by Gasteiger charge is -2.24. The number of thioether (sulfide) groups is 1. The molecule has 1 atom stereocenters. The predicted octanol–water partition coefficient (Wildman–Crippen LogP) is 0.535. The first-order chi connectivity index (χ1) is 10.7. The summed E-state index contributed by atoms with van der Waals surface area (Å²) in [5.74, 6) is 7.49. The second-order valence-electron chi connectivity index (χ2n) is 5.39. The van der Waals surface area contributed by atoms with Crippen molar-refractivity contribution >= 4 is 17.6 Å². The third-order valence-corrected chi connectivity index (χ3v) is 5.20. The summed E-state index contributed by atoms with van der Waals surface area (Å²) < 4.78 is 6.98. The Bertz CT molecular complexity index is 637. The first-order valence-electron chi connectivity index (χ1n) is 7.53. The minimum absolute atomic E-state index is 0.167. The van der Waals surface area contributed by atoms with Crippen LogP contribution in [0.2, 0.25) is 0 Å². The third kappa shape index (κ3) is 3.64. The molecule has 2 N–H and O–H groups in total. The fourth-order valence-electron chi connectivity index (χ4n) is 2.57. The van der Waals surface area contributed by atoms with E-state index in [2.05, 4.69) is 21.7 Å². The molecular weight excluding hydrogens is 300 g/mol. The Morgan fingerprint density at radius 1 is 1.45 bits per heavy atom. The van der Waals surface area contributed by atoms with Gasteiger partial charge in [-0.2, -0.15) is 4.98 Å². The van der Waals surface area contributed by atoms with Crippen LogP contribution in [0.25, 0.3) is 0 Å². The summed E-state index contributed by atoms with van der Waals surface area (Å²) in [6.45, 7) is 4.01. The molecule has 2 fully saturated rings. The summed E-state index contributed by atoms with van der Waals surface area (Å²) in [6, 6.07) is 0. The number of rotatable bonds is 2. The van der Waals surface area contributed by atoms with Gasteiger partial charge in [-0.15, -0.1) is 11.8 Å². The molecule has 0 aliphatic carbocycles. The van der Waals surface area contributed by atoms with Gasteiger partial charge in [0.25, 0.3) is 0 Å². The van der Waals surface area contributed by atoms with E-state index < -0.39 is 0 Å². The number of nitrogen functional groups attached to an aromatic ring is 1. The van der Waals surface area contributed by atoms with Gasteiger partial charge in [0.2, 0.25) is 0 Å². The van der Waals surface area contributed by atoms with Crippen LogP contribution in [0.1, 0.15) is 23.8 Å². The second-order valence-corrected chi connectivity index (χ2v) is 6.67. The molecule has 0 radical (unpaired) electrons. The molecule has 0 saturated carbocycles. The predicted molar refractivity (Wildman–Crippen MR) is 87.8 cm³/mol. The number of nitrogens with zero attached hydrogens (tertiary/aromatic N) is 3. The maximum atomic E-state index is 12.0. The van der Waals surface area contributed by atoms with Crippen LogP contribution in [0.15, 0.2) is 11.0 Å². The summed E-state index contributed by atoms with van der Waals surface area (Å²) >= 11 is 1.78. The first kappa shape index (κ1) is 15.4. The number of morpholine rings is 1. The molecule has 2 saturated heterocycles. The average Bonchev–Trinajstić information content (AvgIpc) is 3.04. The summed E-state index contributed by atoms with van der Waals surface area (Å²) in [5, 5.41) is 0.167. The van der Waals surface area contributed by atoms with Crippen LogP contribution >= 0.6 is 11.8 Å². The van der Waals surface area contributed by atoms with Gasteiger partial charge in [-0.3, -0.25) is 9.47 Å². The highest BCUT2D eigenvalue weighted by Crippen LogP contribution is 2.34. The maximum Gasteiger partial charge on any atom is 0.350 e. The van der Waals surface area contributed by atoms with Crippen molar-refractivity contribution in [2.75, 3.05) is 44.3 Å². The van der Waals surface area contributed by atoms with Gasteiger partial charge in [0.05, 0.1) is 30.7 Å². The Labute approximate surface area is 134 Å².